The van der Waals surface area contributed by atoms with E-state index in [0.29, 0.717) is 18.8 Å². The molecule has 1 heterocycles. The zero-order valence-electron chi connectivity index (χ0n) is 10.4. The SMILES string of the molecule is CCC(C)(CNc1ccnc(OC)c1)C(=O)O. The Morgan fingerprint density at radius 1 is 1.65 bits per heavy atom. The van der Waals surface area contributed by atoms with Crippen LogP contribution in [0.1, 0.15) is 20.3 Å². The molecule has 0 saturated heterocycles. The van der Waals surface area contributed by atoms with Gasteiger partial charge < -0.3 is 15.2 Å². The zero-order valence-corrected chi connectivity index (χ0v) is 10.4. The molecular weight excluding hydrogens is 220 g/mol. The van der Waals surface area contributed by atoms with Gasteiger partial charge in [-0.2, -0.15) is 0 Å². The Balaban J connectivity index is 2.69. The predicted molar refractivity (Wildman–Crippen MR) is 65.3 cm³/mol. The summed E-state index contributed by atoms with van der Waals surface area (Å²) in [7, 11) is 1.54. The number of carboxylic acid groups (broad SMARTS) is 1. The van der Waals surface area contributed by atoms with E-state index in [0.717, 1.165) is 5.69 Å². The number of pyridine rings is 1. The topological polar surface area (TPSA) is 71.5 Å². The van der Waals surface area contributed by atoms with Crippen molar-refractivity contribution in [2.24, 2.45) is 5.41 Å². The molecule has 0 aromatic carbocycles. The van der Waals surface area contributed by atoms with Crippen molar-refractivity contribution >= 4 is 11.7 Å². The number of rotatable bonds is 6. The lowest BCUT2D eigenvalue weighted by Crippen LogP contribution is -2.34. The smallest absolute Gasteiger partial charge is 0.311 e. The predicted octanol–water partition coefficient (Wildman–Crippen LogP) is 2.00. The van der Waals surface area contributed by atoms with Crippen molar-refractivity contribution < 1.29 is 14.6 Å². The van der Waals surface area contributed by atoms with Gasteiger partial charge >= 0.3 is 5.97 Å². The van der Waals surface area contributed by atoms with Gasteiger partial charge in [0, 0.05) is 24.5 Å². The van der Waals surface area contributed by atoms with Crippen molar-refractivity contribution in [3.05, 3.63) is 18.3 Å². The van der Waals surface area contributed by atoms with Crippen molar-refractivity contribution in [2.45, 2.75) is 20.3 Å². The summed E-state index contributed by atoms with van der Waals surface area (Å²) in [5, 5.41) is 12.2. The Hall–Kier alpha value is -1.78. The van der Waals surface area contributed by atoms with Gasteiger partial charge in [0.2, 0.25) is 5.88 Å². The van der Waals surface area contributed by atoms with Crippen molar-refractivity contribution in [3.63, 3.8) is 0 Å². The number of hydrogen-bond acceptors (Lipinski definition) is 4. The standard InChI is InChI=1S/C12H18N2O3/c1-4-12(2,11(15)16)8-14-9-5-6-13-10(7-9)17-3/h5-7H,4,8H2,1-3H3,(H,13,14)(H,15,16). The number of aromatic nitrogens is 1. The molecule has 17 heavy (non-hydrogen) atoms. The summed E-state index contributed by atoms with van der Waals surface area (Å²) in [5.41, 5.74) is 0.0361. The van der Waals surface area contributed by atoms with Crippen LogP contribution in [-0.2, 0) is 4.79 Å². The molecule has 1 aromatic heterocycles. The first-order chi connectivity index (χ1) is 8.01. The fourth-order valence-corrected chi connectivity index (χ4v) is 1.28. The van der Waals surface area contributed by atoms with E-state index in [1.807, 2.05) is 6.92 Å². The van der Waals surface area contributed by atoms with E-state index in [2.05, 4.69) is 10.3 Å². The van der Waals surface area contributed by atoms with E-state index in [4.69, 9.17) is 9.84 Å². The van der Waals surface area contributed by atoms with Crippen LogP contribution in [-0.4, -0.2) is 29.7 Å². The summed E-state index contributed by atoms with van der Waals surface area (Å²) in [5.74, 6) is -0.294. The molecule has 5 heteroatoms. The molecular formula is C12H18N2O3. The molecule has 94 valence electrons. The summed E-state index contributed by atoms with van der Waals surface area (Å²) >= 11 is 0. The molecule has 5 nitrogen and oxygen atoms in total. The van der Waals surface area contributed by atoms with Crippen molar-refractivity contribution in [2.75, 3.05) is 19.0 Å². The number of carboxylic acids is 1. The van der Waals surface area contributed by atoms with Gasteiger partial charge in [0.15, 0.2) is 0 Å². The van der Waals surface area contributed by atoms with Gasteiger partial charge in [-0.1, -0.05) is 6.92 Å². The molecule has 1 atom stereocenters. The molecule has 0 fully saturated rings. The van der Waals surface area contributed by atoms with Crippen molar-refractivity contribution in [3.8, 4) is 5.88 Å². The van der Waals surface area contributed by atoms with E-state index in [-0.39, 0.29) is 0 Å². The molecule has 0 aliphatic carbocycles. The van der Waals surface area contributed by atoms with E-state index >= 15 is 0 Å². The highest BCUT2D eigenvalue weighted by atomic mass is 16.5. The van der Waals surface area contributed by atoms with E-state index < -0.39 is 11.4 Å². The molecule has 1 aromatic rings. The first kappa shape index (κ1) is 13.3. The molecule has 2 N–H and O–H groups in total. The highest BCUT2D eigenvalue weighted by molar-refractivity contribution is 5.75. The number of methoxy groups -OCH3 is 1. The third-order valence-corrected chi connectivity index (χ3v) is 2.92. The van der Waals surface area contributed by atoms with Crippen molar-refractivity contribution in [1.29, 1.82) is 0 Å². The van der Waals surface area contributed by atoms with Gasteiger partial charge in [-0.15, -0.1) is 0 Å². The average molecular weight is 238 g/mol. The summed E-state index contributed by atoms with van der Waals surface area (Å²) in [6.45, 7) is 3.95. The van der Waals surface area contributed by atoms with Crippen LogP contribution in [0.2, 0.25) is 0 Å². The van der Waals surface area contributed by atoms with Gasteiger partial charge in [0.1, 0.15) is 0 Å². The van der Waals surface area contributed by atoms with Gasteiger partial charge in [-0.25, -0.2) is 4.98 Å². The maximum atomic E-state index is 11.1. The molecule has 0 aliphatic rings. The minimum atomic E-state index is -0.798. The Morgan fingerprint density at radius 2 is 2.35 bits per heavy atom. The Labute approximate surface area is 101 Å². The highest BCUT2D eigenvalue weighted by Crippen LogP contribution is 2.23. The van der Waals surface area contributed by atoms with Crippen LogP contribution < -0.4 is 10.1 Å². The molecule has 0 aliphatic heterocycles. The minimum absolute atomic E-state index is 0.367. The maximum Gasteiger partial charge on any atom is 0.311 e. The lowest BCUT2D eigenvalue weighted by Gasteiger charge is -2.23. The maximum absolute atomic E-state index is 11.1. The minimum Gasteiger partial charge on any atom is -0.481 e. The Bertz CT molecular complexity index is 395. The molecule has 0 bridgehead atoms. The monoisotopic (exact) mass is 238 g/mol. The van der Waals surface area contributed by atoms with Crippen LogP contribution >= 0.6 is 0 Å². The van der Waals surface area contributed by atoms with E-state index in [1.165, 1.54) is 0 Å². The fourth-order valence-electron chi connectivity index (χ4n) is 1.28. The van der Waals surface area contributed by atoms with Crippen LogP contribution in [0.25, 0.3) is 0 Å². The average Bonchev–Trinajstić information content (AvgIpc) is 2.36. The summed E-state index contributed by atoms with van der Waals surface area (Å²) in [6, 6.07) is 3.51. The molecule has 0 saturated carbocycles. The quantitative estimate of drug-likeness (QED) is 0.793. The summed E-state index contributed by atoms with van der Waals surface area (Å²) < 4.78 is 4.99. The molecule has 0 radical (unpaired) electrons. The van der Waals surface area contributed by atoms with Crippen LogP contribution in [0, 0.1) is 5.41 Å². The lowest BCUT2D eigenvalue weighted by atomic mass is 9.87. The van der Waals surface area contributed by atoms with Gasteiger partial charge in [0.05, 0.1) is 12.5 Å². The molecule has 0 spiro atoms. The number of hydrogen-bond donors (Lipinski definition) is 2. The van der Waals surface area contributed by atoms with Crippen LogP contribution in [0.5, 0.6) is 5.88 Å². The number of anilines is 1. The second-order valence-corrected chi connectivity index (χ2v) is 4.16. The van der Waals surface area contributed by atoms with Crippen LogP contribution in [0.4, 0.5) is 5.69 Å². The fraction of sp³-hybridized carbons (Fsp3) is 0.500. The number of ether oxygens (including phenoxy) is 1. The third kappa shape index (κ3) is 3.34. The first-order valence-electron chi connectivity index (χ1n) is 5.49. The number of nitrogens with one attached hydrogen (secondary N) is 1. The van der Waals surface area contributed by atoms with Gasteiger partial charge in [-0.05, 0) is 19.4 Å². The zero-order chi connectivity index (χ0) is 12.9. The first-order valence-corrected chi connectivity index (χ1v) is 5.49. The highest BCUT2D eigenvalue weighted by Gasteiger charge is 2.30. The Morgan fingerprint density at radius 3 is 2.88 bits per heavy atom. The van der Waals surface area contributed by atoms with Gasteiger partial charge in [0.25, 0.3) is 0 Å². The lowest BCUT2D eigenvalue weighted by molar-refractivity contribution is -0.147. The molecule has 1 unspecified atom stereocenters. The second-order valence-electron chi connectivity index (χ2n) is 4.16. The normalized spacial score (nSPS) is 13.8. The molecule has 0 amide bonds. The second kappa shape index (κ2) is 5.52. The number of aliphatic carboxylic acids is 1. The van der Waals surface area contributed by atoms with E-state index in [1.54, 1.807) is 32.4 Å². The largest absolute Gasteiger partial charge is 0.481 e. The summed E-state index contributed by atoms with van der Waals surface area (Å²) in [4.78, 5) is 15.1. The van der Waals surface area contributed by atoms with E-state index in [9.17, 15) is 4.79 Å². The van der Waals surface area contributed by atoms with Crippen molar-refractivity contribution in [1.82, 2.24) is 4.98 Å². The van der Waals surface area contributed by atoms with Crippen LogP contribution in [0.3, 0.4) is 0 Å². The van der Waals surface area contributed by atoms with Gasteiger partial charge in [-0.3, -0.25) is 4.79 Å². The Kier molecular flexibility index (Phi) is 4.31. The number of nitrogens with zero attached hydrogens (tertiary/aromatic N) is 1. The third-order valence-electron chi connectivity index (χ3n) is 2.92. The summed E-state index contributed by atoms with van der Waals surface area (Å²) in [6.07, 6.45) is 2.18. The van der Waals surface area contributed by atoms with Crippen LogP contribution in [0.15, 0.2) is 18.3 Å². The number of carbonyl (C=O) groups is 1. The molecule has 1 rings (SSSR count).